The second kappa shape index (κ2) is 5.82. The number of hydrogen-bond donors (Lipinski definition) is 2. The van der Waals surface area contributed by atoms with Crippen molar-refractivity contribution in [2.45, 2.75) is 6.92 Å². The lowest BCUT2D eigenvalue weighted by atomic mass is 10.1. The van der Waals surface area contributed by atoms with Gasteiger partial charge in [0.15, 0.2) is 5.82 Å². The zero-order valence-electron chi connectivity index (χ0n) is 13.2. The average molecular weight is 336 g/mol. The summed E-state index contributed by atoms with van der Waals surface area (Å²) >= 11 is 0. The second-order valence-electron chi connectivity index (χ2n) is 5.50. The summed E-state index contributed by atoms with van der Waals surface area (Å²) in [6.07, 6.45) is 1.78. The van der Waals surface area contributed by atoms with Crippen molar-refractivity contribution in [2.24, 2.45) is 0 Å². The molecule has 1 aromatic carbocycles. The third-order valence-electron chi connectivity index (χ3n) is 3.64. The first-order chi connectivity index (χ1) is 12.1. The number of nitrogens with one attached hydrogen (secondary N) is 2. The molecule has 0 radical (unpaired) electrons. The Balaban J connectivity index is 1.77. The van der Waals surface area contributed by atoms with Gasteiger partial charge in [0.05, 0.1) is 0 Å². The van der Waals surface area contributed by atoms with Crippen molar-refractivity contribution in [1.29, 1.82) is 0 Å². The molecule has 2 N–H and O–H groups in total. The van der Waals surface area contributed by atoms with Crippen molar-refractivity contribution >= 4 is 23.2 Å². The van der Waals surface area contributed by atoms with Crippen LogP contribution in [0.5, 0.6) is 0 Å². The van der Waals surface area contributed by atoms with Gasteiger partial charge < -0.3 is 5.32 Å². The number of carbonyl (C=O) groups is 1. The second-order valence-corrected chi connectivity index (χ2v) is 5.50. The zero-order valence-corrected chi connectivity index (χ0v) is 13.2. The molecule has 0 unspecified atom stereocenters. The van der Waals surface area contributed by atoms with E-state index in [1.54, 1.807) is 22.7 Å². The van der Waals surface area contributed by atoms with E-state index in [2.05, 4.69) is 25.5 Å². The highest BCUT2D eigenvalue weighted by Crippen LogP contribution is 2.17. The van der Waals surface area contributed by atoms with Crippen molar-refractivity contribution in [1.82, 2.24) is 24.6 Å². The van der Waals surface area contributed by atoms with Crippen LogP contribution in [0.1, 0.15) is 21.9 Å². The minimum atomic E-state index is -0.407. The molecule has 3 heterocycles. The van der Waals surface area contributed by atoms with E-state index >= 15 is 0 Å². The number of hydrogen-bond acceptors (Lipinski definition) is 5. The predicted molar refractivity (Wildman–Crippen MR) is 89.4 cm³/mol. The zero-order chi connectivity index (χ0) is 17.4. The van der Waals surface area contributed by atoms with Gasteiger partial charge in [-0.15, -0.1) is 0 Å². The minimum Gasteiger partial charge on any atom is -0.308 e. The monoisotopic (exact) mass is 336 g/mol. The van der Waals surface area contributed by atoms with E-state index in [9.17, 15) is 9.18 Å². The molecule has 25 heavy (non-hydrogen) atoms. The molecule has 8 heteroatoms. The Morgan fingerprint density at radius 1 is 1.20 bits per heavy atom. The highest BCUT2D eigenvalue weighted by atomic mass is 19.1. The maximum absolute atomic E-state index is 13.1. The Labute approximate surface area is 141 Å². The van der Waals surface area contributed by atoms with Crippen LogP contribution >= 0.6 is 0 Å². The van der Waals surface area contributed by atoms with Crippen LogP contribution in [0.25, 0.3) is 5.65 Å². The lowest BCUT2D eigenvalue weighted by Gasteiger charge is -2.08. The Kier molecular flexibility index (Phi) is 3.50. The first kappa shape index (κ1) is 15.0. The number of aromatic nitrogens is 5. The molecule has 0 bridgehead atoms. The molecule has 0 atom stereocenters. The SMILES string of the molecule is Cc1cc(Nc2nc(C(=O)c3ccc(F)cc3)nc3cccn23)n[nH]1. The van der Waals surface area contributed by atoms with Gasteiger partial charge in [-0.2, -0.15) is 10.1 Å². The van der Waals surface area contributed by atoms with Crippen molar-refractivity contribution in [3.63, 3.8) is 0 Å². The van der Waals surface area contributed by atoms with Crippen LogP contribution in [-0.4, -0.2) is 30.3 Å². The molecule has 0 amide bonds. The van der Waals surface area contributed by atoms with E-state index in [0.717, 1.165) is 5.69 Å². The summed E-state index contributed by atoms with van der Waals surface area (Å²) in [6.45, 7) is 1.88. The van der Waals surface area contributed by atoms with Gasteiger partial charge in [0.1, 0.15) is 11.5 Å². The molecule has 4 aromatic rings. The molecular formula is C17H13FN6O. The number of benzene rings is 1. The Hall–Kier alpha value is -3.55. The van der Waals surface area contributed by atoms with Crippen molar-refractivity contribution in [2.75, 3.05) is 5.32 Å². The van der Waals surface area contributed by atoms with Crippen LogP contribution in [0.2, 0.25) is 0 Å². The Morgan fingerprint density at radius 2 is 2.00 bits per heavy atom. The molecule has 0 aliphatic rings. The lowest BCUT2D eigenvalue weighted by molar-refractivity contribution is 0.102. The third-order valence-corrected chi connectivity index (χ3v) is 3.64. The number of aromatic amines is 1. The number of rotatable bonds is 4. The summed E-state index contributed by atoms with van der Waals surface area (Å²) in [4.78, 5) is 21.2. The summed E-state index contributed by atoms with van der Waals surface area (Å²) in [5.74, 6) is 0.214. The van der Waals surface area contributed by atoms with E-state index in [1.807, 2.05) is 13.0 Å². The molecule has 0 saturated heterocycles. The highest BCUT2D eigenvalue weighted by molar-refractivity contribution is 6.06. The molecule has 0 fully saturated rings. The number of aryl methyl sites for hydroxylation is 1. The summed E-state index contributed by atoms with van der Waals surface area (Å²) in [5.41, 5.74) is 1.78. The summed E-state index contributed by atoms with van der Waals surface area (Å²) in [6, 6.07) is 10.7. The van der Waals surface area contributed by atoms with E-state index in [1.165, 1.54) is 24.3 Å². The summed E-state index contributed by atoms with van der Waals surface area (Å²) in [5, 5.41) is 10.0. The smallest absolute Gasteiger partial charge is 0.230 e. The summed E-state index contributed by atoms with van der Waals surface area (Å²) < 4.78 is 14.8. The van der Waals surface area contributed by atoms with Gasteiger partial charge in [-0.25, -0.2) is 9.37 Å². The molecule has 4 rings (SSSR count). The number of H-pyrrole nitrogens is 1. The van der Waals surface area contributed by atoms with Crippen LogP contribution in [0.4, 0.5) is 16.2 Å². The fourth-order valence-electron chi connectivity index (χ4n) is 2.45. The molecule has 0 saturated carbocycles. The largest absolute Gasteiger partial charge is 0.308 e. The van der Waals surface area contributed by atoms with Crippen LogP contribution in [-0.2, 0) is 0 Å². The number of anilines is 2. The molecule has 0 spiro atoms. The molecule has 0 aliphatic carbocycles. The highest BCUT2D eigenvalue weighted by Gasteiger charge is 2.16. The van der Waals surface area contributed by atoms with E-state index in [4.69, 9.17) is 0 Å². The number of carbonyl (C=O) groups excluding carboxylic acids is 1. The minimum absolute atomic E-state index is 0.0209. The number of ketones is 1. The van der Waals surface area contributed by atoms with Crippen LogP contribution in [0.15, 0.2) is 48.7 Å². The number of nitrogens with zero attached hydrogens (tertiary/aromatic N) is 4. The quantitative estimate of drug-likeness (QED) is 0.560. The molecular weight excluding hydrogens is 323 g/mol. The Morgan fingerprint density at radius 3 is 2.72 bits per heavy atom. The molecule has 3 aromatic heterocycles. The molecule has 124 valence electrons. The number of halogens is 1. The first-order valence-corrected chi connectivity index (χ1v) is 7.54. The predicted octanol–water partition coefficient (Wildman–Crippen LogP) is 2.87. The van der Waals surface area contributed by atoms with E-state index in [0.29, 0.717) is 23.0 Å². The van der Waals surface area contributed by atoms with Crippen LogP contribution in [0, 0.1) is 12.7 Å². The fraction of sp³-hybridized carbons (Fsp3) is 0.0588. The van der Waals surface area contributed by atoms with Crippen molar-refractivity contribution in [3.05, 3.63) is 71.6 Å². The lowest BCUT2D eigenvalue weighted by Crippen LogP contribution is -2.12. The standard InChI is InChI=1S/C17H13FN6O/c1-10-9-13(23-22-10)19-17-21-16(20-14-3-2-8-24(14)17)15(25)11-4-6-12(18)7-5-11/h2-9H,1H3,(H2,19,20,21,22,23). The van der Waals surface area contributed by atoms with Gasteiger partial charge in [-0.05, 0) is 43.3 Å². The average Bonchev–Trinajstić information content (AvgIpc) is 3.23. The summed E-state index contributed by atoms with van der Waals surface area (Å²) in [7, 11) is 0. The van der Waals surface area contributed by atoms with Gasteiger partial charge in [-0.1, -0.05) is 0 Å². The molecule has 0 aliphatic heterocycles. The van der Waals surface area contributed by atoms with Crippen LogP contribution in [0.3, 0.4) is 0 Å². The van der Waals surface area contributed by atoms with E-state index < -0.39 is 5.82 Å². The Bertz CT molecular complexity index is 1070. The topological polar surface area (TPSA) is 88.0 Å². The van der Waals surface area contributed by atoms with Crippen LogP contribution < -0.4 is 5.32 Å². The van der Waals surface area contributed by atoms with Gasteiger partial charge in [-0.3, -0.25) is 14.3 Å². The molecule has 7 nitrogen and oxygen atoms in total. The maximum Gasteiger partial charge on any atom is 0.230 e. The maximum atomic E-state index is 13.1. The van der Waals surface area contributed by atoms with Gasteiger partial charge in [0, 0.05) is 23.5 Å². The van der Waals surface area contributed by atoms with Gasteiger partial charge >= 0.3 is 0 Å². The fourth-order valence-corrected chi connectivity index (χ4v) is 2.45. The van der Waals surface area contributed by atoms with E-state index in [-0.39, 0.29) is 11.6 Å². The normalized spacial score (nSPS) is 11.0. The third kappa shape index (κ3) is 2.85. The number of fused-ring (bicyclic) bond motifs is 1. The van der Waals surface area contributed by atoms with Gasteiger partial charge in [0.25, 0.3) is 0 Å². The van der Waals surface area contributed by atoms with Gasteiger partial charge in [0.2, 0.25) is 17.6 Å². The van der Waals surface area contributed by atoms with Crippen molar-refractivity contribution in [3.8, 4) is 0 Å². The van der Waals surface area contributed by atoms with Crippen molar-refractivity contribution < 1.29 is 9.18 Å². The first-order valence-electron chi connectivity index (χ1n) is 7.54.